The maximum atomic E-state index is 13.2. The van der Waals surface area contributed by atoms with Gasteiger partial charge in [-0.1, -0.05) is 36.4 Å². The third-order valence-corrected chi connectivity index (χ3v) is 5.81. The summed E-state index contributed by atoms with van der Waals surface area (Å²) in [5.74, 6) is -0.351. The summed E-state index contributed by atoms with van der Waals surface area (Å²) in [6.45, 7) is 5.42. The summed E-state index contributed by atoms with van der Waals surface area (Å²) >= 11 is 0. The number of esters is 1. The number of aryl methyl sites for hydroxylation is 1. The molecule has 0 aliphatic rings. The molecule has 1 aromatic heterocycles. The second-order valence-electron chi connectivity index (χ2n) is 7.36. The van der Waals surface area contributed by atoms with Crippen LogP contribution in [-0.4, -0.2) is 24.0 Å². The molecule has 0 aliphatic carbocycles. The third kappa shape index (κ3) is 4.22. The highest BCUT2D eigenvalue weighted by Crippen LogP contribution is 2.26. The van der Waals surface area contributed by atoms with Gasteiger partial charge in [0.25, 0.3) is 10.0 Å². The number of fused-ring (bicyclic) bond motifs is 1. The van der Waals surface area contributed by atoms with E-state index in [0.29, 0.717) is 11.2 Å². The molecule has 0 amide bonds. The predicted octanol–water partition coefficient (Wildman–Crippen LogP) is 4.15. The molecule has 3 rings (SSSR count). The number of benzene rings is 2. The number of hydrogen-bond acceptors (Lipinski definition) is 4. The van der Waals surface area contributed by atoms with Crippen molar-refractivity contribution < 1.29 is 17.9 Å². The summed E-state index contributed by atoms with van der Waals surface area (Å²) in [6, 6.07) is 17.4. The highest BCUT2D eigenvalue weighted by atomic mass is 32.2. The average Bonchev–Trinajstić information content (AvgIpc) is 2.98. The minimum Gasteiger partial charge on any atom is -0.460 e. The summed E-state index contributed by atoms with van der Waals surface area (Å²) in [7, 11) is -3.77. The molecule has 0 saturated heterocycles. The van der Waals surface area contributed by atoms with Crippen LogP contribution in [0.4, 0.5) is 0 Å². The molecule has 0 atom stereocenters. The Morgan fingerprint density at radius 2 is 1.63 bits per heavy atom. The number of rotatable bonds is 5. The molecule has 1 heterocycles. The van der Waals surface area contributed by atoms with Crippen molar-refractivity contribution in [3.05, 3.63) is 66.4 Å². The number of aromatic nitrogens is 1. The summed E-state index contributed by atoms with van der Waals surface area (Å²) in [6.07, 6.45) is 0.382. The van der Waals surface area contributed by atoms with Crippen LogP contribution >= 0.6 is 0 Å². The zero-order chi connectivity index (χ0) is 19.7. The first-order valence-electron chi connectivity index (χ1n) is 8.80. The molecule has 2 aromatic carbocycles. The molecule has 0 N–H and O–H groups in total. The Kier molecular flexibility index (Phi) is 5.11. The van der Waals surface area contributed by atoms with E-state index in [0.717, 1.165) is 5.39 Å². The Hall–Kier alpha value is -2.60. The topological polar surface area (TPSA) is 65.4 Å². The molecule has 0 aliphatic heterocycles. The highest BCUT2D eigenvalue weighted by molar-refractivity contribution is 7.90. The van der Waals surface area contributed by atoms with Gasteiger partial charge in [0.2, 0.25) is 0 Å². The first kappa shape index (κ1) is 19.2. The van der Waals surface area contributed by atoms with Crippen LogP contribution in [0.3, 0.4) is 0 Å². The van der Waals surface area contributed by atoms with Gasteiger partial charge in [-0.25, -0.2) is 12.4 Å². The van der Waals surface area contributed by atoms with E-state index in [-0.39, 0.29) is 23.7 Å². The van der Waals surface area contributed by atoms with E-state index >= 15 is 0 Å². The Balaban J connectivity index is 2.02. The molecule has 0 unspecified atom stereocenters. The van der Waals surface area contributed by atoms with Gasteiger partial charge in [-0.3, -0.25) is 4.79 Å². The van der Waals surface area contributed by atoms with E-state index in [1.165, 1.54) is 3.97 Å². The normalized spacial score (nSPS) is 12.3. The van der Waals surface area contributed by atoms with Crippen molar-refractivity contribution in [2.24, 2.45) is 0 Å². The molecule has 0 fully saturated rings. The molecule has 6 heteroatoms. The van der Waals surface area contributed by atoms with Crippen LogP contribution in [0.15, 0.2) is 65.6 Å². The van der Waals surface area contributed by atoms with Crippen molar-refractivity contribution in [3.63, 3.8) is 0 Å². The number of carbonyl (C=O) groups excluding carboxylic acids is 1. The lowest BCUT2D eigenvalue weighted by Gasteiger charge is -2.19. The van der Waals surface area contributed by atoms with Crippen molar-refractivity contribution in [1.82, 2.24) is 3.97 Å². The Morgan fingerprint density at radius 3 is 2.30 bits per heavy atom. The SMILES string of the molecule is CC(C)(C)OC(=O)CCc1cc2ccccc2n1S(=O)(=O)c1ccccc1. The molecule has 27 heavy (non-hydrogen) atoms. The molecule has 0 saturated carbocycles. The molecule has 0 bridgehead atoms. The number of carbonyl (C=O) groups is 1. The molecule has 0 radical (unpaired) electrons. The largest absolute Gasteiger partial charge is 0.460 e. The maximum absolute atomic E-state index is 13.2. The summed E-state index contributed by atoms with van der Waals surface area (Å²) < 4.78 is 33.2. The van der Waals surface area contributed by atoms with Crippen molar-refractivity contribution in [1.29, 1.82) is 0 Å². The van der Waals surface area contributed by atoms with E-state index in [1.807, 2.05) is 39.0 Å². The van der Waals surface area contributed by atoms with Gasteiger partial charge in [-0.05, 0) is 51.5 Å². The zero-order valence-corrected chi connectivity index (χ0v) is 16.5. The van der Waals surface area contributed by atoms with Gasteiger partial charge in [0.05, 0.1) is 16.8 Å². The number of nitrogens with zero attached hydrogens (tertiary/aromatic N) is 1. The van der Waals surface area contributed by atoms with Crippen molar-refractivity contribution in [3.8, 4) is 0 Å². The molecule has 0 spiro atoms. The zero-order valence-electron chi connectivity index (χ0n) is 15.7. The second-order valence-corrected chi connectivity index (χ2v) is 9.15. The van der Waals surface area contributed by atoms with Crippen LogP contribution < -0.4 is 0 Å². The quantitative estimate of drug-likeness (QED) is 0.619. The van der Waals surface area contributed by atoms with Crippen molar-refractivity contribution >= 4 is 26.9 Å². The maximum Gasteiger partial charge on any atom is 0.306 e. The second kappa shape index (κ2) is 7.19. The smallest absolute Gasteiger partial charge is 0.306 e. The predicted molar refractivity (Wildman–Crippen MR) is 105 cm³/mol. The average molecular weight is 385 g/mol. The Bertz CT molecular complexity index is 1060. The minimum atomic E-state index is -3.77. The van der Waals surface area contributed by atoms with Crippen molar-refractivity contribution in [2.45, 2.75) is 44.1 Å². The molecule has 5 nitrogen and oxygen atoms in total. The van der Waals surface area contributed by atoms with Gasteiger partial charge in [-0.2, -0.15) is 0 Å². The molecule has 3 aromatic rings. The van der Waals surface area contributed by atoms with Crippen LogP contribution in [0.1, 0.15) is 32.9 Å². The van der Waals surface area contributed by atoms with Gasteiger partial charge in [0.1, 0.15) is 5.60 Å². The van der Waals surface area contributed by atoms with Crippen molar-refractivity contribution in [2.75, 3.05) is 0 Å². The lowest BCUT2D eigenvalue weighted by Crippen LogP contribution is -2.24. The van der Waals surface area contributed by atoms with Crippen LogP contribution in [0.25, 0.3) is 10.9 Å². The number of para-hydroxylation sites is 1. The standard InChI is InChI=1S/C21H23NO4S/c1-21(2,3)26-20(23)14-13-17-15-16-9-7-8-12-19(16)22(17)27(24,25)18-10-5-4-6-11-18/h4-12,15H,13-14H2,1-3H3. The Labute approximate surface area is 159 Å². The fraction of sp³-hybridized carbons (Fsp3) is 0.286. The number of hydrogen-bond donors (Lipinski definition) is 0. The van der Waals surface area contributed by atoms with E-state index in [2.05, 4.69) is 0 Å². The Morgan fingerprint density at radius 1 is 1.00 bits per heavy atom. The highest BCUT2D eigenvalue weighted by Gasteiger charge is 2.24. The lowest BCUT2D eigenvalue weighted by atomic mass is 10.2. The summed E-state index contributed by atoms with van der Waals surface area (Å²) in [4.78, 5) is 12.3. The minimum absolute atomic E-state index is 0.109. The fourth-order valence-corrected chi connectivity index (χ4v) is 4.56. The van der Waals surface area contributed by atoms with Gasteiger partial charge in [0, 0.05) is 11.1 Å². The molecular formula is C21H23NO4S. The van der Waals surface area contributed by atoms with E-state index in [9.17, 15) is 13.2 Å². The van der Waals surface area contributed by atoms with Crippen LogP contribution in [0.2, 0.25) is 0 Å². The summed E-state index contributed by atoms with van der Waals surface area (Å²) in [5, 5.41) is 0.816. The van der Waals surface area contributed by atoms with Gasteiger partial charge < -0.3 is 4.74 Å². The fourth-order valence-electron chi connectivity index (χ4n) is 2.97. The van der Waals surface area contributed by atoms with Crippen LogP contribution in [-0.2, 0) is 26.0 Å². The van der Waals surface area contributed by atoms with Gasteiger partial charge in [0.15, 0.2) is 0 Å². The third-order valence-electron chi connectivity index (χ3n) is 4.03. The molecular weight excluding hydrogens is 362 g/mol. The van der Waals surface area contributed by atoms with E-state index in [4.69, 9.17) is 4.74 Å². The number of ether oxygens (including phenoxy) is 1. The lowest BCUT2D eigenvalue weighted by molar-refractivity contribution is -0.154. The van der Waals surface area contributed by atoms with E-state index in [1.54, 1.807) is 42.5 Å². The first-order chi connectivity index (χ1) is 12.7. The summed E-state index contributed by atoms with van der Waals surface area (Å²) in [5.41, 5.74) is 0.589. The monoisotopic (exact) mass is 385 g/mol. The van der Waals surface area contributed by atoms with Crippen LogP contribution in [0.5, 0.6) is 0 Å². The van der Waals surface area contributed by atoms with Gasteiger partial charge >= 0.3 is 5.97 Å². The first-order valence-corrected chi connectivity index (χ1v) is 10.2. The van der Waals surface area contributed by atoms with Gasteiger partial charge in [-0.15, -0.1) is 0 Å². The molecule has 142 valence electrons. The van der Waals surface area contributed by atoms with Crippen LogP contribution in [0, 0.1) is 0 Å². The van der Waals surface area contributed by atoms with E-state index < -0.39 is 15.6 Å².